The number of carbonyl (C=O) groups is 2. The van der Waals surface area contributed by atoms with Gasteiger partial charge in [-0.1, -0.05) is 66.7 Å². The summed E-state index contributed by atoms with van der Waals surface area (Å²) in [5, 5.41) is 0. The summed E-state index contributed by atoms with van der Waals surface area (Å²) < 4.78 is 32.4. The number of amides is 1. The molecule has 6 nitrogen and oxygen atoms in total. The van der Waals surface area contributed by atoms with Crippen LogP contribution in [0.5, 0.6) is 5.75 Å². The number of hydrogen-bond donors (Lipinski definition) is 0. The second kappa shape index (κ2) is 8.73. The first kappa shape index (κ1) is 20.8. The predicted molar refractivity (Wildman–Crippen MR) is 115 cm³/mol. The second-order valence-electron chi connectivity index (χ2n) is 7.31. The van der Waals surface area contributed by atoms with Crippen molar-refractivity contribution in [1.29, 1.82) is 0 Å². The van der Waals surface area contributed by atoms with Gasteiger partial charge in [0.05, 0.1) is 23.3 Å². The maximum absolute atomic E-state index is 13.1. The van der Waals surface area contributed by atoms with E-state index in [9.17, 15) is 18.0 Å². The van der Waals surface area contributed by atoms with Crippen molar-refractivity contribution in [2.75, 3.05) is 0 Å². The molecular weight excluding hydrogens is 414 g/mol. The summed E-state index contributed by atoms with van der Waals surface area (Å²) in [6.07, 6.45) is 0.133. The van der Waals surface area contributed by atoms with Crippen molar-refractivity contribution in [3.8, 4) is 5.75 Å². The highest BCUT2D eigenvalue weighted by atomic mass is 32.2. The van der Waals surface area contributed by atoms with Crippen LogP contribution in [-0.4, -0.2) is 30.6 Å². The Kier molecular flexibility index (Phi) is 5.86. The molecular formula is C24H21NO5S. The predicted octanol–water partition coefficient (Wildman–Crippen LogP) is 3.44. The molecule has 0 radical (unpaired) electrons. The monoisotopic (exact) mass is 435 g/mol. The highest BCUT2D eigenvalue weighted by Gasteiger charge is 2.54. The van der Waals surface area contributed by atoms with Crippen molar-refractivity contribution in [1.82, 2.24) is 4.31 Å². The second-order valence-corrected chi connectivity index (χ2v) is 9.12. The lowest BCUT2D eigenvalue weighted by atomic mass is 9.83. The lowest BCUT2D eigenvalue weighted by Crippen LogP contribution is -2.64. The highest BCUT2D eigenvalue weighted by molar-refractivity contribution is 7.89. The largest absolute Gasteiger partial charge is 0.426 e. The summed E-state index contributed by atoms with van der Waals surface area (Å²) >= 11 is 0. The Labute approximate surface area is 181 Å². The molecule has 1 fully saturated rings. The summed E-state index contributed by atoms with van der Waals surface area (Å²) in [5.74, 6) is -1.35. The van der Waals surface area contributed by atoms with Gasteiger partial charge in [-0.3, -0.25) is 9.59 Å². The molecule has 3 aromatic rings. The van der Waals surface area contributed by atoms with Gasteiger partial charge in [-0.15, -0.1) is 0 Å². The third-order valence-corrected chi connectivity index (χ3v) is 7.09. The van der Waals surface area contributed by atoms with E-state index in [-0.39, 0.29) is 11.3 Å². The number of esters is 1. The summed E-state index contributed by atoms with van der Waals surface area (Å²) in [6.45, 7) is 0. The third-order valence-electron chi connectivity index (χ3n) is 5.25. The zero-order valence-corrected chi connectivity index (χ0v) is 17.4. The number of nitrogens with zero attached hydrogens (tertiary/aromatic N) is 1. The Morgan fingerprint density at radius 1 is 0.839 bits per heavy atom. The zero-order chi connectivity index (χ0) is 21.8. The van der Waals surface area contributed by atoms with Crippen LogP contribution in [0.2, 0.25) is 0 Å². The number of carbonyl (C=O) groups excluding carboxylic acids is 2. The third kappa shape index (κ3) is 4.36. The van der Waals surface area contributed by atoms with Gasteiger partial charge < -0.3 is 4.74 Å². The van der Waals surface area contributed by atoms with Gasteiger partial charge >= 0.3 is 5.97 Å². The van der Waals surface area contributed by atoms with Gasteiger partial charge in [-0.05, 0) is 36.2 Å². The fourth-order valence-electron chi connectivity index (χ4n) is 3.72. The Hall–Kier alpha value is -3.45. The molecule has 0 N–H and O–H groups in total. The summed E-state index contributed by atoms with van der Waals surface area (Å²) in [6, 6.07) is 24.8. The molecule has 1 aliphatic heterocycles. The summed E-state index contributed by atoms with van der Waals surface area (Å²) in [5.41, 5.74) is 0.902. The molecule has 1 amide bonds. The van der Waals surface area contributed by atoms with Gasteiger partial charge in [0.25, 0.3) is 10.0 Å². The average Bonchev–Trinajstić information content (AvgIpc) is 2.79. The van der Waals surface area contributed by atoms with Crippen molar-refractivity contribution in [2.45, 2.75) is 23.8 Å². The molecule has 2 atom stereocenters. The molecule has 0 saturated carbocycles. The van der Waals surface area contributed by atoms with Gasteiger partial charge in [0.15, 0.2) is 0 Å². The van der Waals surface area contributed by atoms with Crippen LogP contribution in [0.3, 0.4) is 0 Å². The van der Waals surface area contributed by atoms with Crippen LogP contribution in [0.4, 0.5) is 0 Å². The van der Waals surface area contributed by atoms with E-state index in [1.165, 1.54) is 12.1 Å². The minimum absolute atomic E-state index is 0.0166. The minimum Gasteiger partial charge on any atom is -0.426 e. The first-order valence-corrected chi connectivity index (χ1v) is 11.3. The number of hydrogen-bond acceptors (Lipinski definition) is 5. The van der Waals surface area contributed by atoms with Gasteiger partial charge in [0.1, 0.15) is 5.75 Å². The number of para-hydroxylation sites is 1. The van der Waals surface area contributed by atoms with Gasteiger partial charge in [-0.25, -0.2) is 12.7 Å². The van der Waals surface area contributed by atoms with Crippen molar-refractivity contribution in [2.24, 2.45) is 5.92 Å². The minimum atomic E-state index is -4.07. The van der Waals surface area contributed by atoms with E-state index in [0.29, 0.717) is 12.2 Å². The lowest BCUT2D eigenvalue weighted by Gasteiger charge is -2.45. The average molecular weight is 436 g/mol. The molecule has 0 aromatic heterocycles. The van der Waals surface area contributed by atoms with Crippen molar-refractivity contribution >= 4 is 21.9 Å². The maximum atomic E-state index is 13.1. The molecule has 4 rings (SSSR count). The number of ether oxygens (including phenoxy) is 1. The highest BCUT2D eigenvalue weighted by Crippen LogP contribution is 2.37. The zero-order valence-electron chi connectivity index (χ0n) is 16.6. The molecule has 1 heterocycles. The van der Waals surface area contributed by atoms with Crippen LogP contribution >= 0.6 is 0 Å². The normalized spacial score (nSPS) is 18.3. The topological polar surface area (TPSA) is 80.8 Å². The molecule has 3 aromatic carbocycles. The summed E-state index contributed by atoms with van der Waals surface area (Å²) in [7, 11) is -4.07. The van der Waals surface area contributed by atoms with E-state index in [1.54, 1.807) is 48.5 Å². The van der Waals surface area contributed by atoms with Gasteiger partial charge in [0, 0.05) is 0 Å². The Balaban J connectivity index is 1.59. The van der Waals surface area contributed by atoms with Crippen molar-refractivity contribution in [3.05, 3.63) is 96.6 Å². The number of β-lactam (4-membered cyclic amide) rings is 1. The number of rotatable bonds is 7. The molecule has 31 heavy (non-hydrogen) atoms. The Bertz CT molecular complexity index is 1160. The van der Waals surface area contributed by atoms with Crippen molar-refractivity contribution in [3.63, 3.8) is 0 Å². The molecule has 1 aliphatic rings. The van der Waals surface area contributed by atoms with E-state index in [1.807, 2.05) is 30.3 Å². The summed E-state index contributed by atoms with van der Waals surface area (Å²) in [4.78, 5) is 25.5. The van der Waals surface area contributed by atoms with E-state index in [0.717, 1.165) is 9.87 Å². The Morgan fingerprint density at radius 2 is 1.39 bits per heavy atom. The van der Waals surface area contributed by atoms with E-state index < -0.39 is 33.9 Å². The molecule has 7 heteroatoms. The molecule has 0 bridgehead atoms. The van der Waals surface area contributed by atoms with E-state index in [2.05, 4.69) is 0 Å². The fourth-order valence-corrected chi connectivity index (χ4v) is 5.40. The number of sulfonamides is 1. The SMILES string of the molecule is O=C(C[C@@H]1[C@H](Cc2ccccc2)C(=O)N1S(=O)(=O)c1ccccc1)Oc1ccccc1. The van der Waals surface area contributed by atoms with Crippen molar-refractivity contribution < 1.29 is 22.7 Å². The van der Waals surface area contributed by atoms with Gasteiger partial charge in [-0.2, -0.15) is 0 Å². The molecule has 0 aliphatic carbocycles. The molecule has 0 unspecified atom stereocenters. The smallest absolute Gasteiger partial charge is 0.313 e. The van der Waals surface area contributed by atoms with E-state index >= 15 is 0 Å². The molecule has 1 saturated heterocycles. The van der Waals surface area contributed by atoms with Crippen LogP contribution in [0.15, 0.2) is 95.9 Å². The van der Waals surface area contributed by atoms with E-state index in [4.69, 9.17) is 4.74 Å². The van der Waals surface area contributed by atoms with Gasteiger partial charge in [0.2, 0.25) is 5.91 Å². The standard InChI is InChI=1S/C24H21NO5S/c26-23(30-19-12-6-2-7-13-19)17-22-21(16-18-10-4-1-5-11-18)24(27)25(22)31(28,29)20-14-8-3-9-15-20/h1-15,21-22H,16-17H2/t21-,22+/m0/s1. The Morgan fingerprint density at radius 3 is 2.00 bits per heavy atom. The van der Waals surface area contributed by atoms with Crippen LogP contribution < -0.4 is 4.74 Å². The molecule has 0 spiro atoms. The van der Waals surface area contributed by atoms with Crippen LogP contribution in [0, 0.1) is 5.92 Å². The first-order valence-electron chi connectivity index (χ1n) is 9.90. The van der Waals surface area contributed by atoms with Crippen LogP contribution in [0.1, 0.15) is 12.0 Å². The van der Waals surface area contributed by atoms with Crippen LogP contribution in [0.25, 0.3) is 0 Å². The first-order chi connectivity index (χ1) is 15.0. The maximum Gasteiger partial charge on any atom is 0.313 e. The number of benzene rings is 3. The molecule has 158 valence electrons. The lowest BCUT2D eigenvalue weighted by molar-refractivity contribution is -0.150. The van der Waals surface area contributed by atoms with Crippen LogP contribution in [-0.2, 0) is 26.0 Å². The fraction of sp³-hybridized carbons (Fsp3) is 0.167. The quantitative estimate of drug-likeness (QED) is 0.323.